The molecule has 0 spiro atoms. The van der Waals surface area contributed by atoms with Crippen LogP contribution in [-0.2, 0) is 4.79 Å². The normalized spacial score (nSPS) is 28.3. The second-order valence-corrected chi connectivity index (χ2v) is 8.10. The number of para-hydroxylation sites is 2. The van der Waals surface area contributed by atoms with Crippen molar-refractivity contribution in [2.75, 3.05) is 51.3 Å². The number of hydrogen-bond acceptors (Lipinski definition) is 5. The molecule has 3 fully saturated rings. The van der Waals surface area contributed by atoms with Crippen LogP contribution < -0.4 is 9.64 Å². The summed E-state index contributed by atoms with van der Waals surface area (Å²) in [6, 6.07) is 8.16. The topological polar surface area (TPSA) is 56.2 Å². The number of amides is 1. The van der Waals surface area contributed by atoms with Crippen LogP contribution in [0.3, 0.4) is 0 Å². The van der Waals surface area contributed by atoms with Gasteiger partial charge in [0.15, 0.2) is 0 Å². The number of anilines is 1. The highest BCUT2D eigenvalue weighted by Gasteiger charge is 2.50. The molecular formula is C20H29N3O3. The standard InChI is InChI=1S/C20H29N3O3/c1-20(7-8-20)19(25)23-13-16(17(24)14-23)22-11-9-21(10-12-22)15-5-3-4-6-18(15)26-2/h3-6,16-17,24H,7-14H2,1-2H3/t16-,17-/m0/s1. The van der Waals surface area contributed by atoms with Crippen molar-refractivity contribution in [1.82, 2.24) is 9.80 Å². The second kappa shape index (κ2) is 6.74. The van der Waals surface area contributed by atoms with Crippen molar-refractivity contribution < 1.29 is 14.6 Å². The highest BCUT2D eigenvalue weighted by Crippen LogP contribution is 2.47. The molecule has 1 aromatic carbocycles. The molecule has 0 aromatic heterocycles. The Hall–Kier alpha value is -1.79. The molecule has 0 bridgehead atoms. The first-order valence-electron chi connectivity index (χ1n) is 9.61. The van der Waals surface area contributed by atoms with Crippen LogP contribution in [-0.4, -0.2) is 79.3 Å². The molecule has 2 aliphatic heterocycles. The Labute approximate surface area is 155 Å². The molecule has 1 aromatic rings. The minimum atomic E-state index is -0.445. The molecule has 3 aliphatic rings. The number of aliphatic hydroxyl groups excluding tert-OH is 1. The number of benzene rings is 1. The fourth-order valence-electron chi connectivity index (χ4n) is 4.26. The highest BCUT2D eigenvalue weighted by molar-refractivity contribution is 5.85. The van der Waals surface area contributed by atoms with Crippen molar-refractivity contribution in [2.45, 2.75) is 31.9 Å². The Kier molecular flexibility index (Phi) is 4.57. The summed E-state index contributed by atoms with van der Waals surface area (Å²) < 4.78 is 5.48. The first-order valence-corrected chi connectivity index (χ1v) is 9.61. The van der Waals surface area contributed by atoms with Crippen molar-refractivity contribution in [2.24, 2.45) is 5.41 Å². The predicted octanol–water partition coefficient (Wildman–Crippen LogP) is 1.19. The van der Waals surface area contributed by atoms with Gasteiger partial charge in [0.05, 0.1) is 24.9 Å². The van der Waals surface area contributed by atoms with Crippen LogP contribution in [0, 0.1) is 5.41 Å². The molecule has 1 aliphatic carbocycles. The average molecular weight is 359 g/mol. The number of ether oxygens (including phenoxy) is 1. The molecule has 26 heavy (non-hydrogen) atoms. The SMILES string of the molecule is COc1ccccc1N1CCN([C@H]2CN(C(=O)C3(C)CC3)C[C@@H]2O)CC1. The van der Waals surface area contributed by atoms with Crippen LogP contribution in [0.2, 0.25) is 0 Å². The third-order valence-electron chi connectivity index (χ3n) is 6.27. The summed E-state index contributed by atoms with van der Waals surface area (Å²) in [4.78, 5) is 19.2. The van der Waals surface area contributed by atoms with E-state index in [1.54, 1.807) is 7.11 Å². The molecule has 0 unspecified atom stereocenters. The quantitative estimate of drug-likeness (QED) is 0.875. The molecule has 6 heteroatoms. The van der Waals surface area contributed by atoms with Crippen molar-refractivity contribution in [3.63, 3.8) is 0 Å². The fourth-order valence-corrected chi connectivity index (χ4v) is 4.26. The van der Waals surface area contributed by atoms with Gasteiger partial charge in [-0.1, -0.05) is 19.1 Å². The van der Waals surface area contributed by atoms with Gasteiger partial charge >= 0.3 is 0 Å². The summed E-state index contributed by atoms with van der Waals surface area (Å²) in [5.41, 5.74) is 0.969. The Balaban J connectivity index is 1.37. The van der Waals surface area contributed by atoms with E-state index in [-0.39, 0.29) is 17.4 Å². The summed E-state index contributed by atoms with van der Waals surface area (Å²) in [7, 11) is 1.70. The number of hydrogen-bond donors (Lipinski definition) is 1. The molecule has 1 amide bonds. The van der Waals surface area contributed by atoms with Gasteiger partial charge in [0, 0.05) is 44.7 Å². The van der Waals surface area contributed by atoms with Gasteiger partial charge in [-0.05, 0) is 25.0 Å². The van der Waals surface area contributed by atoms with Gasteiger partial charge in [-0.15, -0.1) is 0 Å². The Morgan fingerprint density at radius 3 is 2.50 bits per heavy atom. The summed E-state index contributed by atoms with van der Waals surface area (Å²) in [5, 5.41) is 10.5. The molecule has 2 saturated heterocycles. The maximum absolute atomic E-state index is 12.6. The van der Waals surface area contributed by atoms with Crippen LogP contribution in [0.5, 0.6) is 5.75 Å². The monoisotopic (exact) mass is 359 g/mol. The van der Waals surface area contributed by atoms with Crippen molar-refractivity contribution >= 4 is 11.6 Å². The van der Waals surface area contributed by atoms with Gasteiger partial charge in [-0.2, -0.15) is 0 Å². The number of methoxy groups -OCH3 is 1. The lowest BCUT2D eigenvalue weighted by Crippen LogP contribution is -2.54. The number of carbonyl (C=O) groups is 1. The van der Waals surface area contributed by atoms with E-state index in [0.29, 0.717) is 13.1 Å². The van der Waals surface area contributed by atoms with Crippen LogP contribution in [0.1, 0.15) is 19.8 Å². The molecule has 0 radical (unpaired) electrons. The van der Waals surface area contributed by atoms with E-state index in [4.69, 9.17) is 4.74 Å². The summed E-state index contributed by atoms with van der Waals surface area (Å²) in [5.74, 6) is 1.13. The number of β-amino-alcohol motifs (C(OH)–C–C–N with tert-alkyl or cyclic N) is 1. The summed E-state index contributed by atoms with van der Waals surface area (Å²) in [6.45, 7) is 6.75. The molecule has 6 nitrogen and oxygen atoms in total. The molecular weight excluding hydrogens is 330 g/mol. The first-order chi connectivity index (χ1) is 12.5. The second-order valence-electron chi connectivity index (χ2n) is 8.10. The van der Waals surface area contributed by atoms with Gasteiger partial charge in [0.1, 0.15) is 5.75 Å². The molecule has 1 N–H and O–H groups in total. The van der Waals surface area contributed by atoms with Crippen LogP contribution in [0.4, 0.5) is 5.69 Å². The number of likely N-dealkylation sites (tertiary alicyclic amines) is 1. The maximum atomic E-state index is 12.6. The van der Waals surface area contributed by atoms with Gasteiger partial charge in [0.25, 0.3) is 0 Å². The predicted molar refractivity (Wildman–Crippen MR) is 100 cm³/mol. The van der Waals surface area contributed by atoms with Crippen LogP contribution in [0.25, 0.3) is 0 Å². The van der Waals surface area contributed by atoms with Crippen molar-refractivity contribution in [3.8, 4) is 5.75 Å². The zero-order chi connectivity index (χ0) is 18.3. The maximum Gasteiger partial charge on any atom is 0.228 e. The van der Waals surface area contributed by atoms with Crippen LogP contribution >= 0.6 is 0 Å². The summed E-state index contributed by atoms with van der Waals surface area (Å²) >= 11 is 0. The largest absolute Gasteiger partial charge is 0.495 e. The van der Waals surface area contributed by atoms with Gasteiger partial charge < -0.3 is 19.6 Å². The minimum Gasteiger partial charge on any atom is -0.495 e. The summed E-state index contributed by atoms with van der Waals surface area (Å²) in [6.07, 6.45) is 1.53. The third-order valence-corrected chi connectivity index (χ3v) is 6.27. The number of rotatable bonds is 4. The zero-order valence-corrected chi connectivity index (χ0v) is 15.7. The van der Waals surface area contributed by atoms with E-state index < -0.39 is 6.10 Å². The molecule has 1 saturated carbocycles. The van der Waals surface area contributed by atoms with Gasteiger partial charge in [0.2, 0.25) is 5.91 Å². The van der Waals surface area contributed by atoms with Crippen molar-refractivity contribution in [1.29, 1.82) is 0 Å². The van der Waals surface area contributed by atoms with E-state index in [1.165, 1.54) is 0 Å². The third kappa shape index (κ3) is 3.16. The number of aliphatic hydroxyl groups is 1. The number of nitrogens with zero attached hydrogens (tertiary/aromatic N) is 3. The van der Waals surface area contributed by atoms with E-state index in [1.807, 2.05) is 30.0 Å². The molecule has 2 heterocycles. The van der Waals surface area contributed by atoms with Gasteiger partial charge in [-0.25, -0.2) is 0 Å². The van der Waals surface area contributed by atoms with E-state index in [9.17, 15) is 9.90 Å². The minimum absolute atomic E-state index is 0.0566. The zero-order valence-electron chi connectivity index (χ0n) is 15.7. The highest BCUT2D eigenvalue weighted by atomic mass is 16.5. The van der Waals surface area contributed by atoms with Crippen LogP contribution in [0.15, 0.2) is 24.3 Å². The molecule has 4 rings (SSSR count). The number of carbonyl (C=O) groups excluding carboxylic acids is 1. The van der Waals surface area contributed by atoms with Gasteiger partial charge in [-0.3, -0.25) is 9.69 Å². The number of piperazine rings is 1. The smallest absolute Gasteiger partial charge is 0.228 e. The lowest BCUT2D eigenvalue weighted by molar-refractivity contribution is -0.135. The Morgan fingerprint density at radius 1 is 1.15 bits per heavy atom. The van der Waals surface area contributed by atoms with Crippen molar-refractivity contribution in [3.05, 3.63) is 24.3 Å². The average Bonchev–Trinajstić information content (AvgIpc) is 3.31. The van der Waals surface area contributed by atoms with E-state index in [2.05, 4.69) is 15.9 Å². The lowest BCUT2D eigenvalue weighted by atomic mass is 10.1. The molecule has 2 atom stereocenters. The Bertz CT molecular complexity index is 668. The molecule has 142 valence electrons. The van der Waals surface area contributed by atoms with E-state index >= 15 is 0 Å². The van der Waals surface area contributed by atoms with E-state index in [0.717, 1.165) is 50.5 Å². The lowest BCUT2D eigenvalue weighted by Gasteiger charge is -2.40. The fraction of sp³-hybridized carbons (Fsp3) is 0.650. The first kappa shape index (κ1) is 17.6. The Morgan fingerprint density at radius 2 is 1.85 bits per heavy atom.